The molecule has 0 spiro atoms. The molecule has 7 heteroatoms. The number of hydrogen-bond acceptors (Lipinski definition) is 5. The molecule has 3 rings (SSSR count). The molecule has 1 aliphatic rings. The van der Waals surface area contributed by atoms with E-state index in [0.717, 1.165) is 29.4 Å². The Morgan fingerprint density at radius 3 is 2.52 bits per heavy atom. The molecule has 0 unspecified atom stereocenters. The van der Waals surface area contributed by atoms with E-state index in [0.29, 0.717) is 5.56 Å². The average Bonchev–Trinajstić information content (AvgIpc) is 2.62. The molecular weight excluding hydrogens is 322 g/mol. The highest BCUT2D eigenvalue weighted by Gasteiger charge is 2.20. The molecule has 0 aromatic heterocycles. The van der Waals surface area contributed by atoms with Crippen molar-refractivity contribution < 1.29 is 9.85 Å². The van der Waals surface area contributed by atoms with Crippen molar-refractivity contribution >= 4 is 28.7 Å². The lowest BCUT2D eigenvalue weighted by Crippen LogP contribution is -2.18. The fourth-order valence-corrected chi connectivity index (χ4v) is 2.80. The van der Waals surface area contributed by atoms with Crippen molar-refractivity contribution in [3.05, 3.63) is 86.1 Å². The highest BCUT2D eigenvalue weighted by molar-refractivity contribution is 5.95. The van der Waals surface area contributed by atoms with Crippen LogP contribution in [0.1, 0.15) is 18.1 Å². The van der Waals surface area contributed by atoms with Gasteiger partial charge in [0, 0.05) is 30.1 Å². The number of fused-ring (bicyclic) bond motifs is 1. The van der Waals surface area contributed by atoms with Crippen LogP contribution in [-0.4, -0.2) is 16.4 Å². The minimum absolute atomic E-state index is 0.287. The van der Waals surface area contributed by atoms with Gasteiger partial charge in [-0.2, -0.15) is 0 Å². The molecule has 2 aromatic rings. The lowest BCUT2D eigenvalue weighted by molar-refractivity contribution is -0.394. The van der Waals surface area contributed by atoms with Crippen LogP contribution in [0.25, 0.3) is 11.6 Å². The third-order valence-corrected chi connectivity index (χ3v) is 4.03. The Labute approximate surface area is 143 Å². The van der Waals surface area contributed by atoms with Crippen molar-refractivity contribution in [2.45, 2.75) is 6.92 Å². The lowest BCUT2D eigenvalue weighted by Gasteiger charge is -2.26. The van der Waals surface area contributed by atoms with Gasteiger partial charge in [0.05, 0.1) is 21.5 Å². The summed E-state index contributed by atoms with van der Waals surface area (Å²) in [5.41, 5.74) is 2.53. The molecular formula is C18H15N3O4. The summed E-state index contributed by atoms with van der Waals surface area (Å²) in [6.45, 7) is 2.84. The van der Waals surface area contributed by atoms with Gasteiger partial charge >= 0.3 is 0 Å². The van der Waals surface area contributed by atoms with E-state index in [1.54, 1.807) is 6.08 Å². The maximum Gasteiger partial charge on any atom is 0.283 e. The van der Waals surface area contributed by atoms with E-state index >= 15 is 0 Å². The Hall–Kier alpha value is -3.48. The van der Waals surface area contributed by atoms with Gasteiger partial charge in [0.25, 0.3) is 11.4 Å². The fraction of sp³-hybridized carbons (Fsp3) is 0.111. The van der Waals surface area contributed by atoms with Gasteiger partial charge in [-0.3, -0.25) is 20.2 Å². The second kappa shape index (κ2) is 6.56. The van der Waals surface area contributed by atoms with Gasteiger partial charge in [-0.1, -0.05) is 18.2 Å². The Morgan fingerprint density at radius 1 is 1.08 bits per heavy atom. The van der Waals surface area contributed by atoms with E-state index in [4.69, 9.17) is 0 Å². The van der Waals surface area contributed by atoms with E-state index in [1.807, 2.05) is 43.5 Å². The standard InChI is InChI=1S/C18H15N3O4/c1-2-19-10-9-13(16-5-3-4-6-17(16)19)11-14-7-8-15(20(22)23)12-18(14)21(24)25/h3-12H,2H2,1H3/b13-11+. The zero-order chi connectivity index (χ0) is 18.0. The summed E-state index contributed by atoms with van der Waals surface area (Å²) < 4.78 is 0. The van der Waals surface area contributed by atoms with Crippen LogP contribution >= 0.6 is 0 Å². The predicted octanol–water partition coefficient (Wildman–Crippen LogP) is 4.40. The smallest absolute Gasteiger partial charge is 0.283 e. The van der Waals surface area contributed by atoms with Crippen LogP contribution in [0.2, 0.25) is 0 Å². The zero-order valence-electron chi connectivity index (χ0n) is 13.5. The first-order valence-corrected chi connectivity index (χ1v) is 7.70. The summed E-state index contributed by atoms with van der Waals surface area (Å²) in [5.74, 6) is 0. The van der Waals surface area contributed by atoms with E-state index < -0.39 is 9.85 Å². The van der Waals surface area contributed by atoms with Crippen molar-refractivity contribution in [1.29, 1.82) is 0 Å². The van der Waals surface area contributed by atoms with Crippen LogP contribution in [-0.2, 0) is 0 Å². The van der Waals surface area contributed by atoms with E-state index in [-0.39, 0.29) is 11.4 Å². The van der Waals surface area contributed by atoms with Gasteiger partial charge < -0.3 is 4.90 Å². The fourth-order valence-electron chi connectivity index (χ4n) is 2.80. The molecule has 7 nitrogen and oxygen atoms in total. The number of anilines is 1. The van der Waals surface area contributed by atoms with Crippen molar-refractivity contribution in [3.8, 4) is 0 Å². The van der Waals surface area contributed by atoms with Crippen molar-refractivity contribution in [3.63, 3.8) is 0 Å². The molecule has 126 valence electrons. The number of hydrogen-bond donors (Lipinski definition) is 0. The first-order chi connectivity index (χ1) is 12.0. The van der Waals surface area contributed by atoms with Crippen molar-refractivity contribution in [2.75, 3.05) is 11.4 Å². The Bertz CT molecular complexity index is 918. The van der Waals surface area contributed by atoms with E-state index in [1.165, 1.54) is 12.1 Å². The third-order valence-electron chi connectivity index (χ3n) is 4.03. The summed E-state index contributed by atoms with van der Waals surface area (Å²) in [4.78, 5) is 23.0. The van der Waals surface area contributed by atoms with Gasteiger partial charge in [-0.25, -0.2) is 0 Å². The summed E-state index contributed by atoms with van der Waals surface area (Å²) in [6.07, 6.45) is 5.49. The summed E-state index contributed by atoms with van der Waals surface area (Å²) in [5, 5.41) is 22.2. The first-order valence-electron chi connectivity index (χ1n) is 7.70. The molecule has 25 heavy (non-hydrogen) atoms. The maximum absolute atomic E-state index is 11.3. The molecule has 0 fully saturated rings. The molecule has 1 aliphatic heterocycles. The largest absolute Gasteiger partial charge is 0.348 e. The number of non-ortho nitro benzene ring substituents is 1. The van der Waals surface area contributed by atoms with Crippen molar-refractivity contribution in [1.82, 2.24) is 0 Å². The van der Waals surface area contributed by atoms with E-state index in [2.05, 4.69) is 4.90 Å². The van der Waals surface area contributed by atoms with Gasteiger partial charge in [0.2, 0.25) is 0 Å². The number of nitrogens with zero attached hydrogens (tertiary/aromatic N) is 3. The number of nitro benzene ring substituents is 2. The second-order valence-corrected chi connectivity index (χ2v) is 5.48. The molecule has 0 amide bonds. The molecule has 0 saturated heterocycles. The van der Waals surface area contributed by atoms with Crippen LogP contribution < -0.4 is 4.90 Å². The van der Waals surface area contributed by atoms with Gasteiger partial charge in [0.15, 0.2) is 0 Å². The monoisotopic (exact) mass is 337 g/mol. The Kier molecular flexibility index (Phi) is 4.30. The molecule has 0 saturated carbocycles. The molecule has 2 aromatic carbocycles. The molecule has 0 atom stereocenters. The minimum Gasteiger partial charge on any atom is -0.348 e. The molecule has 1 heterocycles. The number of allylic oxidation sites excluding steroid dienone is 2. The second-order valence-electron chi connectivity index (χ2n) is 5.48. The van der Waals surface area contributed by atoms with Crippen LogP contribution in [0, 0.1) is 20.2 Å². The molecule has 0 N–H and O–H groups in total. The molecule has 0 aliphatic carbocycles. The molecule has 0 radical (unpaired) electrons. The molecule has 0 bridgehead atoms. The third kappa shape index (κ3) is 3.12. The van der Waals surface area contributed by atoms with Crippen LogP contribution in [0.3, 0.4) is 0 Å². The summed E-state index contributed by atoms with van der Waals surface area (Å²) >= 11 is 0. The van der Waals surface area contributed by atoms with Gasteiger partial charge in [-0.05, 0) is 36.8 Å². The highest BCUT2D eigenvalue weighted by Crippen LogP contribution is 2.35. The summed E-state index contributed by atoms with van der Waals surface area (Å²) in [7, 11) is 0. The number of rotatable bonds is 4. The average molecular weight is 337 g/mol. The first kappa shape index (κ1) is 16.4. The number of benzene rings is 2. The predicted molar refractivity (Wildman–Crippen MR) is 96.2 cm³/mol. The van der Waals surface area contributed by atoms with Gasteiger partial charge in [-0.15, -0.1) is 0 Å². The normalized spacial score (nSPS) is 14.4. The highest BCUT2D eigenvalue weighted by atomic mass is 16.6. The lowest BCUT2D eigenvalue weighted by atomic mass is 9.97. The number of para-hydroxylation sites is 1. The quantitative estimate of drug-likeness (QED) is 0.609. The minimum atomic E-state index is -0.640. The van der Waals surface area contributed by atoms with Crippen LogP contribution in [0.4, 0.5) is 17.1 Å². The SMILES string of the molecule is CCN1C=C/C(=C\c2ccc([N+](=O)[O-])cc2[N+](=O)[O-])c2ccccc21. The van der Waals surface area contributed by atoms with Crippen molar-refractivity contribution in [2.24, 2.45) is 0 Å². The number of nitro groups is 2. The summed E-state index contributed by atoms with van der Waals surface area (Å²) in [6, 6.07) is 11.5. The maximum atomic E-state index is 11.3. The van der Waals surface area contributed by atoms with E-state index in [9.17, 15) is 20.2 Å². The van der Waals surface area contributed by atoms with Crippen LogP contribution in [0.5, 0.6) is 0 Å². The van der Waals surface area contributed by atoms with Crippen LogP contribution in [0.15, 0.2) is 54.7 Å². The Balaban J connectivity index is 2.13. The topological polar surface area (TPSA) is 89.5 Å². The Morgan fingerprint density at radius 2 is 1.84 bits per heavy atom. The van der Waals surface area contributed by atoms with Gasteiger partial charge in [0.1, 0.15) is 0 Å². The zero-order valence-corrected chi connectivity index (χ0v) is 13.5.